The Bertz CT molecular complexity index is 568. The molecule has 1 aromatic heterocycles. The molecule has 0 saturated heterocycles. The Balaban J connectivity index is 2.08. The zero-order chi connectivity index (χ0) is 13.4. The minimum Gasteiger partial charge on any atom is -0.345 e. The topological polar surface area (TPSA) is 30.9 Å². The Kier molecular flexibility index (Phi) is 3.36. The molecule has 102 valence electrons. The third kappa shape index (κ3) is 2.30. The predicted molar refractivity (Wildman–Crippen MR) is 81.5 cm³/mol. The fraction of sp³-hybridized carbons (Fsp3) is 0.529. The standard InChI is InChI=1S/C17H24N2/c1-12(2)19-11-16(13-6-5-7-14(18)10-13)15-8-3-4-9-17(15)19/h3-4,8-9,11-14H,5-7,10,18H2,1-2H3. The van der Waals surface area contributed by atoms with Crippen molar-refractivity contribution in [2.45, 2.75) is 57.5 Å². The molecule has 1 saturated carbocycles. The molecule has 1 fully saturated rings. The summed E-state index contributed by atoms with van der Waals surface area (Å²) in [6, 6.07) is 9.69. The quantitative estimate of drug-likeness (QED) is 0.857. The monoisotopic (exact) mass is 256 g/mol. The molecule has 1 aliphatic carbocycles. The van der Waals surface area contributed by atoms with E-state index in [1.165, 1.54) is 35.7 Å². The first-order valence-corrected chi connectivity index (χ1v) is 7.52. The van der Waals surface area contributed by atoms with E-state index >= 15 is 0 Å². The van der Waals surface area contributed by atoms with E-state index in [9.17, 15) is 0 Å². The van der Waals surface area contributed by atoms with Gasteiger partial charge in [-0.3, -0.25) is 0 Å². The van der Waals surface area contributed by atoms with Crippen LogP contribution >= 0.6 is 0 Å². The molecule has 3 rings (SSSR count). The van der Waals surface area contributed by atoms with Crippen molar-refractivity contribution in [2.75, 3.05) is 0 Å². The Morgan fingerprint density at radius 2 is 2.00 bits per heavy atom. The molecule has 2 nitrogen and oxygen atoms in total. The van der Waals surface area contributed by atoms with Crippen molar-refractivity contribution in [3.63, 3.8) is 0 Å². The minimum absolute atomic E-state index is 0.389. The number of aromatic nitrogens is 1. The van der Waals surface area contributed by atoms with Gasteiger partial charge in [0.2, 0.25) is 0 Å². The van der Waals surface area contributed by atoms with Crippen molar-refractivity contribution in [1.82, 2.24) is 4.57 Å². The number of nitrogens with two attached hydrogens (primary N) is 1. The van der Waals surface area contributed by atoms with Gasteiger partial charge in [-0.1, -0.05) is 24.6 Å². The molecule has 2 heteroatoms. The number of hydrogen-bond acceptors (Lipinski definition) is 1. The van der Waals surface area contributed by atoms with Crippen LogP contribution in [0.25, 0.3) is 10.9 Å². The van der Waals surface area contributed by atoms with Crippen LogP contribution in [0.1, 0.15) is 57.1 Å². The van der Waals surface area contributed by atoms with E-state index in [4.69, 9.17) is 5.73 Å². The lowest BCUT2D eigenvalue weighted by molar-refractivity contribution is 0.394. The Labute approximate surface area is 115 Å². The van der Waals surface area contributed by atoms with E-state index in [-0.39, 0.29) is 0 Å². The summed E-state index contributed by atoms with van der Waals surface area (Å²) in [6.45, 7) is 4.51. The summed E-state index contributed by atoms with van der Waals surface area (Å²) in [6.07, 6.45) is 7.27. The van der Waals surface area contributed by atoms with Gasteiger partial charge in [0, 0.05) is 29.2 Å². The van der Waals surface area contributed by atoms with Crippen molar-refractivity contribution in [3.8, 4) is 0 Å². The number of rotatable bonds is 2. The van der Waals surface area contributed by atoms with Crippen LogP contribution in [0.5, 0.6) is 0 Å². The van der Waals surface area contributed by atoms with E-state index in [0.29, 0.717) is 18.0 Å². The molecule has 2 unspecified atom stereocenters. The molecular formula is C17H24N2. The lowest BCUT2D eigenvalue weighted by Gasteiger charge is -2.26. The molecule has 2 aromatic rings. The highest BCUT2D eigenvalue weighted by Crippen LogP contribution is 2.37. The molecule has 1 aliphatic rings. The second kappa shape index (κ2) is 5.01. The Morgan fingerprint density at radius 1 is 1.21 bits per heavy atom. The van der Waals surface area contributed by atoms with Crippen molar-refractivity contribution in [2.24, 2.45) is 5.73 Å². The first kappa shape index (κ1) is 12.7. The van der Waals surface area contributed by atoms with E-state index in [1.54, 1.807) is 0 Å². The second-order valence-electron chi connectivity index (χ2n) is 6.23. The molecule has 0 aliphatic heterocycles. The first-order chi connectivity index (χ1) is 9.16. The van der Waals surface area contributed by atoms with Crippen molar-refractivity contribution in [1.29, 1.82) is 0 Å². The largest absolute Gasteiger partial charge is 0.345 e. The van der Waals surface area contributed by atoms with Gasteiger partial charge in [0.25, 0.3) is 0 Å². The molecule has 1 aromatic carbocycles. The molecule has 2 atom stereocenters. The Morgan fingerprint density at radius 3 is 2.74 bits per heavy atom. The summed E-state index contributed by atoms with van der Waals surface area (Å²) in [5.41, 5.74) is 9.05. The van der Waals surface area contributed by atoms with Gasteiger partial charge < -0.3 is 10.3 Å². The van der Waals surface area contributed by atoms with Crippen LogP contribution in [0, 0.1) is 0 Å². The molecule has 0 spiro atoms. The molecule has 0 amide bonds. The average Bonchev–Trinajstić information content (AvgIpc) is 2.78. The highest BCUT2D eigenvalue weighted by atomic mass is 15.0. The van der Waals surface area contributed by atoms with Gasteiger partial charge in [-0.05, 0) is 50.7 Å². The number of nitrogens with zero attached hydrogens (tertiary/aromatic N) is 1. The van der Waals surface area contributed by atoms with E-state index in [2.05, 4.69) is 48.9 Å². The van der Waals surface area contributed by atoms with Gasteiger partial charge in [-0.2, -0.15) is 0 Å². The maximum Gasteiger partial charge on any atom is 0.0485 e. The lowest BCUT2D eigenvalue weighted by Crippen LogP contribution is -2.26. The smallest absolute Gasteiger partial charge is 0.0485 e. The molecule has 0 bridgehead atoms. The van der Waals surface area contributed by atoms with Crippen LogP contribution in [0.4, 0.5) is 0 Å². The molecule has 2 N–H and O–H groups in total. The second-order valence-corrected chi connectivity index (χ2v) is 6.23. The zero-order valence-electron chi connectivity index (χ0n) is 12.0. The summed E-state index contributed by atoms with van der Waals surface area (Å²) < 4.78 is 2.41. The summed E-state index contributed by atoms with van der Waals surface area (Å²) in [5, 5.41) is 1.43. The Hall–Kier alpha value is -1.28. The summed E-state index contributed by atoms with van der Waals surface area (Å²) in [7, 11) is 0. The van der Waals surface area contributed by atoms with Crippen molar-refractivity contribution in [3.05, 3.63) is 36.0 Å². The maximum atomic E-state index is 6.17. The van der Waals surface area contributed by atoms with E-state index in [0.717, 1.165) is 6.42 Å². The van der Waals surface area contributed by atoms with Gasteiger partial charge in [0.1, 0.15) is 0 Å². The van der Waals surface area contributed by atoms with Gasteiger partial charge >= 0.3 is 0 Å². The SMILES string of the molecule is CC(C)n1cc(C2CCCC(N)C2)c2ccccc21. The highest BCUT2D eigenvalue weighted by molar-refractivity contribution is 5.84. The maximum absolute atomic E-state index is 6.17. The van der Waals surface area contributed by atoms with Gasteiger partial charge in [0.05, 0.1) is 0 Å². The number of hydrogen-bond donors (Lipinski definition) is 1. The molecule has 1 heterocycles. The zero-order valence-corrected chi connectivity index (χ0v) is 12.0. The van der Waals surface area contributed by atoms with E-state index < -0.39 is 0 Å². The van der Waals surface area contributed by atoms with Gasteiger partial charge in [0.15, 0.2) is 0 Å². The van der Waals surface area contributed by atoms with Crippen LogP contribution in [0.15, 0.2) is 30.5 Å². The fourth-order valence-corrected chi connectivity index (χ4v) is 3.49. The minimum atomic E-state index is 0.389. The number of benzene rings is 1. The number of fused-ring (bicyclic) bond motifs is 1. The van der Waals surface area contributed by atoms with Gasteiger partial charge in [-0.25, -0.2) is 0 Å². The molecule has 0 radical (unpaired) electrons. The summed E-state index contributed by atoms with van der Waals surface area (Å²) in [4.78, 5) is 0. The third-order valence-electron chi connectivity index (χ3n) is 4.48. The summed E-state index contributed by atoms with van der Waals surface area (Å²) >= 11 is 0. The van der Waals surface area contributed by atoms with Crippen LogP contribution in [-0.4, -0.2) is 10.6 Å². The number of para-hydroxylation sites is 1. The first-order valence-electron chi connectivity index (χ1n) is 7.52. The van der Waals surface area contributed by atoms with Crippen LogP contribution < -0.4 is 5.73 Å². The van der Waals surface area contributed by atoms with Crippen LogP contribution in [-0.2, 0) is 0 Å². The average molecular weight is 256 g/mol. The fourth-order valence-electron chi connectivity index (χ4n) is 3.49. The van der Waals surface area contributed by atoms with Crippen LogP contribution in [0.2, 0.25) is 0 Å². The molecule has 19 heavy (non-hydrogen) atoms. The summed E-state index contributed by atoms with van der Waals surface area (Å²) in [5.74, 6) is 0.647. The lowest BCUT2D eigenvalue weighted by atomic mass is 9.81. The third-order valence-corrected chi connectivity index (χ3v) is 4.48. The van der Waals surface area contributed by atoms with Gasteiger partial charge in [-0.15, -0.1) is 0 Å². The van der Waals surface area contributed by atoms with Crippen molar-refractivity contribution >= 4 is 10.9 Å². The highest BCUT2D eigenvalue weighted by Gasteiger charge is 2.24. The normalized spacial score (nSPS) is 24.2. The van der Waals surface area contributed by atoms with Crippen LogP contribution in [0.3, 0.4) is 0 Å². The van der Waals surface area contributed by atoms with E-state index in [1.807, 2.05) is 0 Å². The van der Waals surface area contributed by atoms with Crippen molar-refractivity contribution < 1.29 is 0 Å². The molecular weight excluding hydrogens is 232 g/mol. The predicted octanol–water partition coefficient (Wildman–Crippen LogP) is 4.21.